The summed E-state index contributed by atoms with van der Waals surface area (Å²) in [6.45, 7) is 5.89. The lowest BCUT2D eigenvalue weighted by atomic mass is 9.76. The van der Waals surface area contributed by atoms with E-state index in [2.05, 4.69) is 25.8 Å². The molecule has 0 spiro atoms. The molecule has 2 aliphatic carbocycles. The van der Waals surface area contributed by atoms with Crippen LogP contribution in [0.5, 0.6) is 0 Å². The van der Waals surface area contributed by atoms with E-state index in [0.29, 0.717) is 0 Å². The van der Waals surface area contributed by atoms with Crippen LogP contribution in [0.4, 0.5) is 0 Å². The molecule has 0 aromatic heterocycles. The van der Waals surface area contributed by atoms with Gasteiger partial charge in [0.2, 0.25) is 0 Å². The predicted molar refractivity (Wildman–Crippen MR) is 78.6 cm³/mol. The molecule has 0 heterocycles. The molecule has 2 aliphatic rings. The number of hydrogen-bond acceptors (Lipinski definition) is 2. The SMILES string of the molecule is CC1CCCC(N)(CN(C)C2CCCCC2C)C1. The Labute approximate surface area is 113 Å². The summed E-state index contributed by atoms with van der Waals surface area (Å²) in [7, 11) is 2.31. The van der Waals surface area contributed by atoms with E-state index in [9.17, 15) is 0 Å². The van der Waals surface area contributed by atoms with E-state index < -0.39 is 0 Å². The Morgan fingerprint density at radius 1 is 1.11 bits per heavy atom. The molecule has 0 aromatic rings. The summed E-state index contributed by atoms with van der Waals surface area (Å²) in [6, 6.07) is 0.774. The summed E-state index contributed by atoms with van der Waals surface area (Å²) < 4.78 is 0. The van der Waals surface area contributed by atoms with Crippen molar-refractivity contribution in [2.75, 3.05) is 13.6 Å². The fourth-order valence-electron chi connectivity index (χ4n) is 4.41. The average Bonchev–Trinajstić information content (AvgIpc) is 2.28. The molecule has 0 radical (unpaired) electrons. The second-order valence-electron chi connectivity index (χ2n) is 7.31. The van der Waals surface area contributed by atoms with E-state index in [0.717, 1.165) is 24.4 Å². The first-order chi connectivity index (χ1) is 8.50. The van der Waals surface area contributed by atoms with Gasteiger partial charge in [-0.1, -0.05) is 39.5 Å². The van der Waals surface area contributed by atoms with Crippen molar-refractivity contribution in [3.05, 3.63) is 0 Å². The lowest BCUT2D eigenvalue weighted by molar-refractivity contribution is 0.0910. The summed E-state index contributed by atoms with van der Waals surface area (Å²) in [5, 5.41) is 0. The maximum absolute atomic E-state index is 6.66. The van der Waals surface area contributed by atoms with E-state index in [1.165, 1.54) is 51.4 Å². The quantitative estimate of drug-likeness (QED) is 0.834. The molecule has 2 fully saturated rings. The Morgan fingerprint density at radius 3 is 2.50 bits per heavy atom. The van der Waals surface area contributed by atoms with Gasteiger partial charge in [-0.05, 0) is 44.6 Å². The molecular weight excluding hydrogens is 220 g/mol. The fourth-order valence-corrected chi connectivity index (χ4v) is 4.41. The van der Waals surface area contributed by atoms with Crippen molar-refractivity contribution in [1.29, 1.82) is 0 Å². The van der Waals surface area contributed by atoms with Crippen molar-refractivity contribution >= 4 is 0 Å². The Hall–Kier alpha value is -0.0800. The highest BCUT2D eigenvalue weighted by Crippen LogP contribution is 2.33. The van der Waals surface area contributed by atoms with E-state index in [1.807, 2.05) is 0 Å². The summed E-state index contributed by atoms with van der Waals surface area (Å²) in [5.74, 6) is 1.68. The van der Waals surface area contributed by atoms with E-state index in [4.69, 9.17) is 5.73 Å². The molecule has 0 bridgehead atoms. The van der Waals surface area contributed by atoms with Crippen molar-refractivity contribution in [2.24, 2.45) is 17.6 Å². The number of hydrogen-bond donors (Lipinski definition) is 1. The Morgan fingerprint density at radius 2 is 1.83 bits per heavy atom. The predicted octanol–water partition coefficient (Wildman–Crippen LogP) is 3.40. The normalized spacial score (nSPS) is 42.2. The van der Waals surface area contributed by atoms with Crippen LogP contribution in [0.25, 0.3) is 0 Å². The molecule has 2 nitrogen and oxygen atoms in total. The zero-order chi connectivity index (χ0) is 13.2. The van der Waals surface area contributed by atoms with Crippen LogP contribution in [0.3, 0.4) is 0 Å². The van der Waals surface area contributed by atoms with Gasteiger partial charge in [0, 0.05) is 18.1 Å². The standard InChI is InChI=1S/C16H32N2/c1-13-7-6-10-16(17,11-13)12-18(3)15-9-5-4-8-14(15)2/h13-15H,4-12,17H2,1-3H3. The Kier molecular flexibility index (Phi) is 4.71. The molecule has 0 aliphatic heterocycles. The molecule has 4 atom stereocenters. The monoisotopic (exact) mass is 252 g/mol. The lowest BCUT2D eigenvalue weighted by Crippen LogP contribution is -2.55. The van der Waals surface area contributed by atoms with Gasteiger partial charge in [0.1, 0.15) is 0 Å². The van der Waals surface area contributed by atoms with E-state index in [1.54, 1.807) is 0 Å². The van der Waals surface area contributed by atoms with Crippen LogP contribution in [0, 0.1) is 11.8 Å². The third-order valence-corrected chi connectivity index (χ3v) is 5.32. The van der Waals surface area contributed by atoms with Crippen LogP contribution in [0.1, 0.15) is 65.2 Å². The van der Waals surface area contributed by atoms with Crippen LogP contribution >= 0.6 is 0 Å². The largest absolute Gasteiger partial charge is 0.324 e. The first-order valence-electron chi connectivity index (χ1n) is 7.99. The maximum atomic E-state index is 6.66. The molecule has 0 saturated heterocycles. The number of nitrogens with two attached hydrogens (primary N) is 1. The molecule has 2 saturated carbocycles. The average molecular weight is 252 g/mol. The first kappa shape index (κ1) is 14.3. The summed E-state index contributed by atoms with van der Waals surface area (Å²) in [6.07, 6.45) is 10.8. The van der Waals surface area contributed by atoms with E-state index >= 15 is 0 Å². The minimum absolute atomic E-state index is 0.0869. The lowest BCUT2D eigenvalue weighted by Gasteiger charge is -2.44. The highest BCUT2D eigenvalue weighted by molar-refractivity contribution is 4.94. The molecule has 18 heavy (non-hydrogen) atoms. The number of rotatable bonds is 3. The summed E-state index contributed by atoms with van der Waals surface area (Å²) in [4.78, 5) is 2.59. The fraction of sp³-hybridized carbons (Fsp3) is 1.00. The third kappa shape index (κ3) is 3.48. The molecular formula is C16H32N2. The molecule has 0 aromatic carbocycles. The third-order valence-electron chi connectivity index (χ3n) is 5.32. The van der Waals surface area contributed by atoms with Crippen LogP contribution < -0.4 is 5.73 Å². The molecule has 106 valence electrons. The van der Waals surface area contributed by atoms with Gasteiger partial charge in [-0.2, -0.15) is 0 Å². The van der Waals surface area contributed by atoms with Gasteiger partial charge in [-0.3, -0.25) is 0 Å². The second kappa shape index (κ2) is 5.92. The van der Waals surface area contributed by atoms with Crippen molar-refractivity contribution < 1.29 is 0 Å². The van der Waals surface area contributed by atoms with Crippen LogP contribution in [0.2, 0.25) is 0 Å². The van der Waals surface area contributed by atoms with Crippen molar-refractivity contribution in [3.63, 3.8) is 0 Å². The minimum atomic E-state index is 0.0869. The van der Waals surface area contributed by atoms with Gasteiger partial charge >= 0.3 is 0 Å². The van der Waals surface area contributed by atoms with Crippen LogP contribution in [-0.2, 0) is 0 Å². The van der Waals surface area contributed by atoms with Crippen LogP contribution in [0.15, 0.2) is 0 Å². The van der Waals surface area contributed by atoms with E-state index in [-0.39, 0.29) is 5.54 Å². The van der Waals surface area contributed by atoms with Crippen molar-refractivity contribution in [1.82, 2.24) is 4.90 Å². The van der Waals surface area contributed by atoms with Crippen molar-refractivity contribution in [3.8, 4) is 0 Å². The number of nitrogens with zero attached hydrogens (tertiary/aromatic N) is 1. The van der Waals surface area contributed by atoms with Gasteiger partial charge in [0.15, 0.2) is 0 Å². The Bertz CT molecular complexity index is 266. The van der Waals surface area contributed by atoms with Crippen LogP contribution in [-0.4, -0.2) is 30.1 Å². The highest BCUT2D eigenvalue weighted by Gasteiger charge is 2.35. The van der Waals surface area contributed by atoms with Gasteiger partial charge in [-0.15, -0.1) is 0 Å². The summed E-state index contributed by atoms with van der Waals surface area (Å²) >= 11 is 0. The molecule has 0 amide bonds. The van der Waals surface area contributed by atoms with Crippen molar-refractivity contribution in [2.45, 2.75) is 76.8 Å². The zero-order valence-electron chi connectivity index (χ0n) is 12.6. The highest BCUT2D eigenvalue weighted by atomic mass is 15.2. The maximum Gasteiger partial charge on any atom is 0.0285 e. The number of likely N-dealkylation sites (N-methyl/N-ethyl adjacent to an activating group) is 1. The topological polar surface area (TPSA) is 29.3 Å². The summed E-state index contributed by atoms with van der Waals surface area (Å²) in [5.41, 5.74) is 6.75. The first-order valence-corrected chi connectivity index (χ1v) is 7.99. The van der Waals surface area contributed by atoms with Gasteiger partial charge < -0.3 is 10.6 Å². The molecule has 4 unspecified atom stereocenters. The molecule has 2 heteroatoms. The smallest absolute Gasteiger partial charge is 0.0285 e. The van der Waals surface area contributed by atoms with Gasteiger partial charge in [0.05, 0.1) is 0 Å². The molecule has 2 N–H and O–H groups in total. The Balaban J connectivity index is 1.90. The van der Waals surface area contributed by atoms with Gasteiger partial charge in [-0.25, -0.2) is 0 Å². The zero-order valence-corrected chi connectivity index (χ0v) is 12.6. The van der Waals surface area contributed by atoms with Gasteiger partial charge in [0.25, 0.3) is 0 Å². The second-order valence-corrected chi connectivity index (χ2v) is 7.31. The molecule has 2 rings (SSSR count). The minimum Gasteiger partial charge on any atom is -0.324 e.